The van der Waals surface area contributed by atoms with Crippen molar-refractivity contribution >= 4 is 28.2 Å². The molecule has 4 heterocycles. The Morgan fingerprint density at radius 1 is 0.538 bits per heavy atom. The van der Waals surface area contributed by atoms with Crippen molar-refractivity contribution in [2.24, 2.45) is 0 Å². The second kappa shape index (κ2) is 15.0. The van der Waals surface area contributed by atoms with Crippen LogP contribution in [0.2, 0.25) is 0 Å². The normalized spacial score (nSPS) is 12.8. The highest BCUT2D eigenvalue weighted by molar-refractivity contribution is 7.13. The molecule has 6 heteroatoms. The molecule has 4 nitrogen and oxygen atoms in total. The minimum atomic E-state index is -0.137. The summed E-state index contributed by atoms with van der Waals surface area (Å²) in [5, 5.41) is 4.19. The highest BCUT2D eigenvalue weighted by atomic mass is 32.1. The molecule has 0 N–H and O–H groups in total. The lowest BCUT2D eigenvalue weighted by molar-refractivity contribution is 0.478. The first kappa shape index (κ1) is 33.6. The summed E-state index contributed by atoms with van der Waals surface area (Å²) in [6.45, 7) is 4.59. The van der Waals surface area contributed by atoms with E-state index in [1.165, 1.54) is 11.1 Å². The fourth-order valence-corrected chi connectivity index (χ4v) is 8.41. The van der Waals surface area contributed by atoms with E-state index < -0.39 is 0 Å². The molecule has 0 bridgehead atoms. The maximum atomic E-state index is 5.09. The van der Waals surface area contributed by atoms with Gasteiger partial charge in [-0.1, -0.05) is 135 Å². The Morgan fingerprint density at radius 3 is 1.62 bits per heavy atom. The SMILES string of the molecule is CCC(CC)(c1ccc(-c2cc(-c3cccs3)nc(C3=CCC=CC=C3)n2)cc1)c1ccc(-c2cc(-c3cccs3)nc(-c3ccccc3)n2)cc1. The number of thiophene rings is 2. The summed E-state index contributed by atoms with van der Waals surface area (Å²) in [5.74, 6) is 1.49. The number of rotatable bonds is 10. The zero-order valence-electron chi connectivity index (χ0n) is 29.2. The quantitative estimate of drug-likeness (QED) is 0.142. The van der Waals surface area contributed by atoms with Crippen LogP contribution in [-0.4, -0.2) is 19.9 Å². The molecule has 0 spiro atoms. The van der Waals surface area contributed by atoms with Gasteiger partial charge in [0.1, 0.15) is 0 Å². The standard InChI is InChI=1S/C46H38N4S2/c1-3-46(4-2,37-26-22-33(23-27-37)39-31-41(43-19-13-29-52-43)50-45(48-39)35-16-10-7-11-17-35)36-24-20-32(21-25-36)38-30-40(42-18-12-28-51-42)49-44(47-38)34-14-8-5-6-9-15-34/h5-8,10-31H,3-4,9H2,1-2H3. The lowest BCUT2D eigenvalue weighted by Gasteiger charge is -2.33. The van der Waals surface area contributed by atoms with Crippen molar-refractivity contribution in [1.82, 2.24) is 19.9 Å². The van der Waals surface area contributed by atoms with Gasteiger partial charge >= 0.3 is 0 Å². The number of aromatic nitrogens is 4. The van der Waals surface area contributed by atoms with Crippen molar-refractivity contribution in [2.75, 3.05) is 0 Å². The third-order valence-corrected chi connectivity index (χ3v) is 11.7. The topological polar surface area (TPSA) is 51.6 Å². The molecule has 254 valence electrons. The van der Waals surface area contributed by atoms with Crippen LogP contribution in [0.3, 0.4) is 0 Å². The summed E-state index contributed by atoms with van der Waals surface area (Å²) < 4.78 is 0. The van der Waals surface area contributed by atoms with Crippen LogP contribution in [0.25, 0.3) is 60.6 Å². The summed E-state index contributed by atoms with van der Waals surface area (Å²) in [6.07, 6.45) is 13.4. The fourth-order valence-electron chi connectivity index (χ4n) is 7.04. The average Bonchev–Trinajstić information content (AvgIpc) is 3.90. The zero-order valence-corrected chi connectivity index (χ0v) is 30.9. The molecule has 0 saturated heterocycles. The molecule has 0 amide bonds. The maximum absolute atomic E-state index is 5.09. The van der Waals surface area contributed by atoms with E-state index in [1.54, 1.807) is 22.7 Å². The molecule has 0 saturated carbocycles. The lowest BCUT2D eigenvalue weighted by atomic mass is 9.70. The third kappa shape index (κ3) is 6.75. The summed E-state index contributed by atoms with van der Waals surface area (Å²) in [7, 11) is 0. The minimum Gasteiger partial charge on any atom is -0.228 e. The van der Waals surface area contributed by atoms with Crippen molar-refractivity contribution in [2.45, 2.75) is 38.5 Å². The lowest BCUT2D eigenvalue weighted by Crippen LogP contribution is -2.26. The first-order chi connectivity index (χ1) is 25.6. The van der Waals surface area contributed by atoms with Gasteiger partial charge in [-0.25, -0.2) is 19.9 Å². The van der Waals surface area contributed by atoms with Crippen LogP contribution in [0.5, 0.6) is 0 Å². The molecule has 7 aromatic rings. The number of nitrogens with zero attached hydrogens (tertiary/aromatic N) is 4. The van der Waals surface area contributed by atoms with E-state index in [-0.39, 0.29) is 5.41 Å². The molecule has 0 unspecified atom stereocenters. The number of hydrogen-bond donors (Lipinski definition) is 0. The summed E-state index contributed by atoms with van der Waals surface area (Å²) >= 11 is 3.40. The fraction of sp³-hybridized carbons (Fsp3) is 0.130. The van der Waals surface area contributed by atoms with E-state index in [4.69, 9.17) is 19.9 Å². The van der Waals surface area contributed by atoms with Crippen LogP contribution in [0.4, 0.5) is 0 Å². The summed E-state index contributed by atoms with van der Waals surface area (Å²) in [4.78, 5) is 22.4. The van der Waals surface area contributed by atoms with Gasteiger partial charge in [0, 0.05) is 27.7 Å². The Kier molecular flexibility index (Phi) is 9.66. The number of benzene rings is 3. The van der Waals surface area contributed by atoms with Gasteiger partial charge in [-0.15, -0.1) is 22.7 Å². The highest BCUT2D eigenvalue weighted by Crippen LogP contribution is 2.41. The van der Waals surface area contributed by atoms with Crippen molar-refractivity contribution in [1.29, 1.82) is 0 Å². The number of hydrogen-bond acceptors (Lipinski definition) is 6. The Hall–Kier alpha value is -5.56. The molecule has 0 radical (unpaired) electrons. The highest BCUT2D eigenvalue weighted by Gasteiger charge is 2.31. The number of allylic oxidation sites excluding steroid dienone is 6. The summed E-state index contributed by atoms with van der Waals surface area (Å²) in [5.41, 5.74) is 10.4. The minimum absolute atomic E-state index is 0.137. The molecule has 3 aromatic carbocycles. The second-order valence-corrected chi connectivity index (χ2v) is 14.8. The zero-order chi connectivity index (χ0) is 35.3. The molecule has 4 aromatic heterocycles. The van der Waals surface area contributed by atoms with Gasteiger partial charge in [0.15, 0.2) is 11.6 Å². The molecule has 1 aliphatic rings. The van der Waals surface area contributed by atoms with Crippen molar-refractivity contribution < 1.29 is 0 Å². The van der Waals surface area contributed by atoms with Crippen LogP contribution in [-0.2, 0) is 5.41 Å². The van der Waals surface area contributed by atoms with Gasteiger partial charge in [-0.2, -0.15) is 0 Å². The van der Waals surface area contributed by atoms with Crippen molar-refractivity contribution in [3.63, 3.8) is 0 Å². The summed E-state index contributed by atoms with van der Waals surface area (Å²) in [6, 6.07) is 40.9. The van der Waals surface area contributed by atoms with E-state index in [0.29, 0.717) is 0 Å². The molecule has 8 rings (SSSR count). The molecular weight excluding hydrogens is 673 g/mol. The first-order valence-corrected chi connectivity index (χ1v) is 19.6. The smallest absolute Gasteiger partial charge is 0.160 e. The Balaban J connectivity index is 1.13. The Bertz CT molecular complexity index is 2370. The van der Waals surface area contributed by atoms with Crippen LogP contribution < -0.4 is 0 Å². The van der Waals surface area contributed by atoms with Gasteiger partial charge in [0.2, 0.25) is 0 Å². The van der Waals surface area contributed by atoms with Crippen LogP contribution >= 0.6 is 22.7 Å². The average molecular weight is 711 g/mol. The molecule has 52 heavy (non-hydrogen) atoms. The van der Waals surface area contributed by atoms with E-state index in [2.05, 4.69) is 152 Å². The first-order valence-electron chi connectivity index (χ1n) is 17.8. The Labute approximate surface area is 313 Å². The predicted molar refractivity (Wildman–Crippen MR) is 219 cm³/mol. The third-order valence-electron chi connectivity index (χ3n) is 9.96. The van der Waals surface area contributed by atoms with Crippen molar-refractivity contribution in [3.8, 4) is 55.0 Å². The van der Waals surface area contributed by atoms with Crippen molar-refractivity contribution in [3.05, 3.63) is 173 Å². The van der Waals surface area contributed by atoms with Gasteiger partial charge in [-0.3, -0.25) is 0 Å². The molecule has 1 aliphatic carbocycles. The van der Waals surface area contributed by atoms with Crippen LogP contribution in [0, 0.1) is 0 Å². The second-order valence-electron chi connectivity index (χ2n) is 12.9. The monoisotopic (exact) mass is 710 g/mol. The molecular formula is C46H38N4S2. The Morgan fingerprint density at radius 2 is 1.08 bits per heavy atom. The van der Waals surface area contributed by atoms with Gasteiger partial charge in [-0.05, 0) is 65.4 Å². The van der Waals surface area contributed by atoms with Crippen LogP contribution in [0.15, 0.2) is 156 Å². The molecule has 0 atom stereocenters. The van der Waals surface area contributed by atoms with Gasteiger partial charge < -0.3 is 0 Å². The molecule has 0 fully saturated rings. The van der Waals surface area contributed by atoms with E-state index in [9.17, 15) is 0 Å². The van der Waals surface area contributed by atoms with Gasteiger partial charge in [0.05, 0.1) is 32.5 Å². The van der Waals surface area contributed by atoms with Crippen LogP contribution in [0.1, 0.15) is 50.1 Å². The molecule has 0 aliphatic heterocycles. The largest absolute Gasteiger partial charge is 0.228 e. The van der Waals surface area contributed by atoms with E-state index in [0.717, 1.165) is 85.7 Å². The van der Waals surface area contributed by atoms with E-state index >= 15 is 0 Å². The maximum Gasteiger partial charge on any atom is 0.160 e. The van der Waals surface area contributed by atoms with E-state index in [1.807, 2.05) is 18.2 Å². The predicted octanol–water partition coefficient (Wildman–Crippen LogP) is 12.7. The van der Waals surface area contributed by atoms with Gasteiger partial charge in [0.25, 0.3) is 0 Å².